The van der Waals surface area contributed by atoms with Crippen LogP contribution in [0.15, 0.2) is 24.9 Å². The lowest BCUT2D eigenvalue weighted by atomic mass is 10.2. The Balaban J connectivity index is 3.84. The monoisotopic (exact) mass is 169 g/mol. The van der Waals surface area contributed by atoms with E-state index in [1.54, 1.807) is 0 Å². The maximum absolute atomic E-state index is 10.7. The van der Waals surface area contributed by atoms with Crippen LogP contribution in [0.3, 0.4) is 0 Å². The first-order valence-electron chi connectivity index (χ1n) is 3.39. The molecular weight excluding hydrogens is 158 g/mol. The van der Waals surface area contributed by atoms with Gasteiger partial charge in [-0.1, -0.05) is 6.58 Å². The molecule has 1 unspecified atom stereocenters. The number of hydrogen-bond acceptors (Lipinski definition) is 3. The number of hydrogen-bond donors (Lipinski definition) is 2. The molecule has 0 radical (unpaired) electrons. The lowest BCUT2D eigenvalue weighted by Crippen LogP contribution is -2.17. The number of carbonyl (C=O) groups excluding carboxylic acids is 2. The van der Waals surface area contributed by atoms with Crippen molar-refractivity contribution in [3.63, 3.8) is 0 Å². The molecule has 0 saturated heterocycles. The van der Waals surface area contributed by atoms with Gasteiger partial charge < -0.3 is 10.4 Å². The highest BCUT2D eigenvalue weighted by atomic mass is 16.3. The number of carbonyl (C=O) groups is 2. The number of aliphatic hydroxyl groups is 1. The van der Waals surface area contributed by atoms with Crippen molar-refractivity contribution < 1.29 is 14.7 Å². The Bertz CT molecular complexity index is 218. The molecule has 0 fully saturated rings. The van der Waals surface area contributed by atoms with Crippen LogP contribution in [-0.4, -0.2) is 22.9 Å². The van der Waals surface area contributed by atoms with Gasteiger partial charge in [0.05, 0.1) is 0 Å². The number of amides is 1. The lowest BCUT2D eigenvalue weighted by Gasteiger charge is -1.96. The molecule has 1 atom stereocenters. The van der Waals surface area contributed by atoms with Crippen LogP contribution >= 0.6 is 0 Å². The van der Waals surface area contributed by atoms with Crippen molar-refractivity contribution in [2.45, 2.75) is 13.0 Å². The fourth-order valence-electron chi connectivity index (χ4n) is 0.404. The van der Waals surface area contributed by atoms with E-state index in [-0.39, 0.29) is 0 Å². The van der Waals surface area contributed by atoms with Crippen molar-refractivity contribution in [3.8, 4) is 0 Å². The second-order valence-electron chi connectivity index (χ2n) is 2.12. The van der Waals surface area contributed by atoms with Gasteiger partial charge >= 0.3 is 0 Å². The molecule has 1 amide bonds. The second kappa shape index (κ2) is 5.26. The summed E-state index contributed by atoms with van der Waals surface area (Å²) >= 11 is 0. The van der Waals surface area contributed by atoms with Gasteiger partial charge in [0.2, 0.25) is 5.91 Å². The Morgan fingerprint density at radius 1 is 1.58 bits per heavy atom. The van der Waals surface area contributed by atoms with Crippen molar-refractivity contribution in [2.24, 2.45) is 0 Å². The fraction of sp³-hybridized carbons (Fsp3) is 0.250. The van der Waals surface area contributed by atoms with Gasteiger partial charge in [0.1, 0.15) is 6.10 Å². The van der Waals surface area contributed by atoms with Crippen molar-refractivity contribution in [2.75, 3.05) is 0 Å². The van der Waals surface area contributed by atoms with Crippen LogP contribution in [0.25, 0.3) is 0 Å². The summed E-state index contributed by atoms with van der Waals surface area (Å²) in [6.45, 7) is 4.56. The zero-order chi connectivity index (χ0) is 9.56. The smallest absolute Gasteiger partial charge is 0.247 e. The minimum absolute atomic E-state index is 0.398. The topological polar surface area (TPSA) is 66.4 Å². The quantitative estimate of drug-likeness (QED) is 0.570. The summed E-state index contributed by atoms with van der Waals surface area (Å²) < 4.78 is 0. The first kappa shape index (κ1) is 10.6. The minimum Gasteiger partial charge on any atom is -0.385 e. The Kier molecular flexibility index (Phi) is 4.64. The molecule has 4 nitrogen and oxygen atoms in total. The molecule has 2 N–H and O–H groups in total. The number of ketones is 1. The van der Waals surface area contributed by atoms with E-state index in [0.717, 1.165) is 12.2 Å². The van der Waals surface area contributed by atoms with Crippen molar-refractivity contribution in [3.05, 3.63) is 24.9 Å². The van der Waals surface area contributed by atoms with Crippen molar-refractivity contribution in [1.29, 1.82) is 0 Å². The normalized spacial score (nSPS) is 12.5. The number of rotatable bonds is 4. The Morgan fingerprint density at radius 2 is 2.17 bits per heavy atom. The van der Waals surface area contributed by atoms with Gasteiger partial charge in [-0.2, -0.15) is 0 Å². The van der Waals surface area contributed by atoms with E-state index in [9.17, 15) is 9.59 Å². The molecular formula is C8H11NO3. The zero-order valence-electron chi connectivity index (χ0n) is 6.78. The summed E-state index contributed by atoms with van der Waals surface area (Å²) in [4.78, 5) is 21.2. The summed E-state index contributed by atoms with van der Waals surface area (Å²) in [5.41, 5.74) is 0. The molecule has 12 heavy (non-hydrogen) atoms. The highest BCUT2D eigenvalue weighted by Crippen LogP contribution is 1.84. The highest BCUT2D eigenvalue weighted by molar-refractivity contribution is 5.94. The first-order valence-corrected chi connectivity index (χ1v) is 3.39. The highest BCUT2D eigenvalue weighted by Gasteiger charge is 2.02. The number of aliphatic hydroxyl groups excluding tert-OH is 1. The maximum atomic E-state index is 10.7. The Labute approximate surface area is 70.6 Å². The van der Waals surface area contributed by atoms with Gasteiger partial charge in [0.25, 0.3) is 0 Å². The molecule has 0 spiro atoms. The van der Waals surface area contributed by atoms with Crippen LogP contribution in [0, 0.1) is 0 Å². The molecule has 66 valence electrons. The molecule has 4 heteroatoms. The van der Waals surface area contributed by atoms with E-state index in [0.29, 0.717) is 0 Å². The van der Waals surface area contributed by atoms with E-state index in [4.69, 9.17) is 5.11 Å². The molecule has 0 aromatic rings. The molecule has 0 aromatic carbocycles. The predicted octanol–water partition coefficient (Wildman–Crippen LogP) is -0.248. The first-order chi connectivity index (χ1) is 5.57. The third-order valence-electron chi connectivity index (χ3n) is 1.07. The van der Waals surface area contributed by atoms with Crippen LogP contribution < -0.4 is 5.32 Å². The fourth-order valence-corrected chi connectivity index (χ4v) is 0.404. The second-order valence-corrected chi connectivity index (χ2v) is 2.12. The summed E-state index contributed by atoms with van der Waals surface area (Å²) in [5.74, 6) is -0.857. The van der Waals surface area contributed by atoms with Crippen LogP contribution in [0.4, 0.5) is 0 Å². The van der Waals surface area contributed by atoms with Gasteiger partial charge in [-0.15, -0.1) is 0 Å². The van der Waals surface area contributed by atoms with E-state index >= 15 is 0 Å². The van der Waals surface area contributed by atoms with E-state index in [2.05, 4.69) is 11.9 Å². The molecule has 0 heterocycles. The van der Waals surface area contributed by atoms with E-state index < -0.39 is 17.8 Å². The van der Waals surface area contributed by atoms with Crippen LogP contribution in [0.2, 0.25) is 0 Å². The predicted molar refractivity (Wildman–Crippen MR) is 44.2 cm³/mol. The van der Waals surface area contributed by atoms with Crippen LogP contribution in [0.5, 0.6) is 0 Å². The molecule has 0 saturated carbocycles. The van der Waals surface area contributed by atoms with E-state index in [1.807, 2.05) is 0 Å². The summed E-state index contributed by atoms with van der Waals surface area (Å²) in [5, 5.41) is 11.0. The van der Waals surface area contributed by atoms with Crippen LogP contribution in [0.1, 0.15) is 6.92 Å². The average molecular weight is 169 g/mol. The lowest BCUT2D eigenvalue weighted by molar-refractivity contribution is -0.121. The van der Waals surface area contributed by atoms with Crippen molar-refractivity contribution >= 4 is 11.7 Å². The third kappa shape index (κ3) is 4.40. The summed E-state index contributed by atoms with van der Waals surface area (Å²) in [6.07, 6.45) is 2.30. The Hall–Kier alpha value is -1.42. The average Bonchev–Trinajstić information content (AvgIpc) is 2.03. The largest absolute Gasteiger partial charge is 0.385 e. The van der Waals surface area contributed by atoms with Gasteiger partial charge in [-0.05, 0) is 19.1 Å². The van der Waals surface area contributed by atoms with Crippen LogP contribution in [-0.2, 0) is 9.59 Å². The Morgan fingerprint density at radius 3 is 2.58 bits per heavy atom. The SMILES string of the molecule is C=CC(=O)NC=CC(=O)C(C)O. The van der Waals surface area contributed by atoms with Gasteiger partial charge in [0.15, 0.2) is 5.78 Å². The van der Waals surface area contributed by atoms with E-state index in [1.165, 1.54) is 13.1 Å². The maximum Gasteiger partial charge on any atom is 0.247 e. The van der Waals surface area contributed by atoms with Gasteiger partial charge in [-0.3, -0.25) is 9.59 Å². The molecule has 0 rings (SSSR count). The summed E-state index contributed by atoms with van der Waals surface area (Å²) in [6, 6.07) is 0. The molecule has 0 aliphatic rings. The third-order valence-corrected chi connectivity index (χ3v) is 1.07. The molecule has 0 aliphatic carbocycles. The minimum atomic E-state index is -1.04. The summed E-state index contributed by atoms with van der Waals surface area (Å²) in [7, 11) is 0. The molecule has 0 aromatic heterocycles. The standard InChI is InChI=1S/C8H11NO3/c1-3-8(12)9-5-4-7(11)6(2)10/h3-6,10H,1H2,2H3,(H,9,12). The molecule has 0 bridgehead atoms. The zero-order valence-corrected chi connectivity index (χ0v) is 6.78. The van der Waals surface area contributed by atoms with Gasteiger partial charge in [-0.25, -0.2) is 0 Å². The van der Waals surface area contributed by atoms with Crippen molar-refractivity contribution in [1.82, 2.24) is 5.32 Å². The molecule has 0 aliphatic heterocycles. The number of nitrogens with one attached hydrogen (secondary N) is 1. The van der Waals surface area contributed by atoms with Gasteiger partial charge in [0, 0.05) is 6.20 Å².